The molecular formula is C16H21NO4. The molecule has 0 spiro atoms. The number of carboxylic acid groups (broad SMARTS) is 1. The molecule has 1 amide bonds. The molecule has 1 heterocycles. The number of ether oxygens (including phenoxy) is 1. The van der Waals surface area contributed by atoms with Crippen molar-refractivity contribution in [3.8, 4) is 5.75 Å². The van der Waals surface area contributed by atoms with Crippen LogP contribution in [-0.2, 0) is 9.59 Å². The summed E-state index contributed by atoms with van der Waals surface area (Å²) in [5, 5.41) is 8.93. The van der Waals surface area contributed by atoms with E-state index in [0.29, 0.717) is 26.1 Å². The SMILES string of the molecule is Cc1ccc(OCCC(=O)N2CCC(C(=O)O)C2)c(C)c1. The first kappa shape index (κ1) is 15.4. The monoisotopic (exact) mass is 291 g/mol. The van der Waals surface area contributed by atoms with Gasteiger partial charge in [0.1, 0.15) is 5.75 Å². The second kappa shape index (κ2) is 6.61. The molecule has 5 nitrogen and oxygen atoms in total. The molecule has 0 radical (unpaired) electrons. The Hall–Kier alpha value is -2.04. The number of hydrogen-bond donors (Lipinski definition) is 1. The number of likely N-dealkylation sites (tertiary alicyclic amines) is 1. The van der Waals surface area contributed by atoms with E-state index in [1.54, 1.807) is 4.90 Å². The zero-order valence-corrected chi connectivity index (χ0v) is 12.5. The summed E-state index contributed by atoms with van der Waals surface area (Å²) in [6.07, 6.45) is 0.818. The van der Waals surface area contributed by atoms with E-state index in [0.717, 1.165) is 11.3 Å². The molecule has 1 unspecified atom stereocenters. The molecule has 1 aromatic carbocycles. The Bertz CT molecular complexity index is 541. The fourth-order valence-electron chi connectivity index (χ4n) is 2.56. The van der Waals surface area contributed by atoms with Crippen LogP contribution in [0.4, 0.5) is 0 Å². The lowest BCUT2D eigenvalue weighted by Gasteiger charge is -2.16. The van der Waals surface area contributed by atoms with Crippen molar-refractivity contribution < 1.29 is 19.4 Å². The third-order valence-corrected chi connectivity index (χ3v) is 3.79. The maximum absolute atomic E-state index is 12.0. The molecule has 0 aromatic heterocycles. The normalized spacial score (nSPS) is 17.8. The third kappa shape index (κ3) is 3.97. The highest BCUT2D eigenvalue weighted by atomic mass is 16.5. The number of nitrogens with zero attached hydrogens (tertiary/aromatic N) is 1. The van der Waals surface area contributed by atoms with E-state index in [1.165, 1.54) is 5.56 Å². The van der Waals surface area contributed by atoms with Crippen molar-refractivity contribution in [1.29, 1.82) is 0 Å². The van der Waals surface area contributed by atoms with E-state index in [1.807, 2.05) is 32.0 Å². The summed E-state index contributed by atoms with van der Waals surface area (Å²) in [7, 11) is 0. The maximum atomic E-state index is 12.0. The van der Waals surface area contributed by atoms with Crippen molar-refractivity contribution in [2.75, 3.05) is 19.7 Å². The Labute approximate surface area is 124 Å². The van der Waals surface area contributed by atoms with E-state index in [4.69, 9.17) is 9.84 Å². The van der Waals surface area contributed by atoms with Gasteiger partial charge in [-0.2, -0.15) is 0 Å². The van der Waals surface area contributed by atoms with Gasteiger partial charge in [0.25, 0.3) is 0 Å². The van der Waals surface area contributed by atoms with Gasteiger partial charge >= 0.3 is 5.97 Å². The Morgan fingerprint density at radius 1 is 1.38 bits per heavy atom. The van der Waals surface area contributed by atoms with Crippen molar-refractivity contribution in [3.63, 3.8) is 0 Å². The van der Waals surface area contributed by atoms with E-state index in [-0.39, 0.29) is 12.3 Å². The molecule has 1 saturated heterocycles. The van der Waals surface area contributed by atoms with Crippen molar-refractivity contribution in [2.24, 2.45) is 5.92 Å². The fraction of sp³-hybridized carbons (Fsp3) is 0.500. The largest absolute Gasteiger partial charge is 0.493 e. The van der Waals surface area contributed by atoms with Crippen molar-refractivity contribution in [2.45, 2.75) is 26.7 Å². The van der Waals surface area contributed by atoms with Crippen LogP contribution in [0.25, 0.3) is 0 Å². The molecule has 1 atom stereocenters. The van der Waals surface area contributed by atoms with Gasteiger partial charge in [0.05, 0.1) is 18.9 Å². The average Bonchev–Trinajstić information content (AvgIpc) is 2.91. The predicted molar refractivity (Wildman–Crippen MR) is 78.4 cm³/mol. The van der Waals surface area contributed by atoms with Gasteiger partial charge in [0.2, 0.25) is 5.91 Å². The fourth-order valence-corrected chi connectivity index (χ4v) is 2.56. The van der Waals surface area contributed by atoms with Crippen LogP contribution in [0.5, 0.6) is 5.75 Å². The van der Waals surface area contributed by atoms with Crippen molar-refractivity contribution >= 4 is 11.9 Å². The molecule has 1 N–H and O–H groups in total. The first-order chi connectivity index (χ1) is 9.97. The number of benzene rings is 1. The molecule has 1 aromatic rings. The first-order valence-corrected chi connectivity index (χ1v) is 7.18. The minimum atomic E-state index is -0.822. The van der Waals surface area contributed by atoms with Crippen LogP contribution >= 0.6 is 0 Å². The summed E-state index contributed by atoms with van der Waals surface area (Å²) in [5.74, 6) is -0.493. The second-order valence-corrected chi connectivity index (χ2v) is 5.53. The van der Waals surface area contributed by atoms with Crippen molar-refractivity contribution in [3.05, 3.63) is 29.3 Å². The van der Waals surface area contributed by atoms with Crippen LogP contribution in [-0.4, -0.2) is 41.6 Å². The number of aryl methyl sites for hydroxylation is 2. The highest BCUT2D eigenvalue weighted by molar-refractivity contribution is 5.78. The Morgan fingerprint density at radius 2 is 2.14 bits per heavy atom. The summed E-state index contributed by atoms with van der Waals surface area (Å²) < 4.78 is 5.63. The van der Waals surface area contributed by atoms with Crippen LogP contribution in [0.3, 0.4) is 0 Å². The summed E-state index contributed by atoms with van der Waals surface area (Å²) in [5.41, 5.74) is 2.22. The predicted octanol–water partition coefficient (Wildman–Crippen LogP) is 2.01. The maximum Gasteiger partial charge on any atom is 0.308 e. The van der Waals surface area contributed by atoms with E-state index >= 15 is 0 Å². The highest BCUT2D eigenvalue weighted by Gasteiger charge is 2.30. The third-order valence-electron chi connectivity index (χ3n) is 3.79. The zero-order chi connectivity index (χ0) is 15.4. The lowest BCUT2D eigenvalue weighted by Crippen LogP contribution is -2.30. The first-order valence-electron chi connectivity index (χ1n) is 7.18. The summed E-state index contributed by atoms with van der Waals surface area (Å²) in [6.45, 7) is 5.16. The number of carbonyl (C=O) groups is 2. The zero-order valence-electron chi connectivity index (χ0n) is 12.5. The molecule has 1 aliphatic heterocycles. The summed E-state index contributed by atoms with van der Waals surface area (Å²) >= 11 is 0. The van der Waals surface area contributed by atoms with Crippen LogP contribution in [0.2, 0.25) is 0 Å². The highest BCUT2D eigenvalue weighted by Crippen LogP contribution is 2.20. The molecule has 0 aliphatic carbocycles. The second-order valence-electron chi connectivity index (χ2n) is 5.53. The molecule has 0 bridgehead atoms. The molecule has 2 rings (SSSR count). The van der Waals surface area contributed by atoms with Gasteiger partial charge in [-0.15, -0.1) is 0 Å². The van der Waals surface area contributed by atoms with Gasteiger partial charge in [-0.1, -0.05) is 17.7 Å². The van der Waals surface area contributed by atoms with Crippen LogP contribution < -0.4 is 4.74 Å². The summed E-state index contributed by atoms with van der Waals surface area (Å²) in [6, 6.07) is 5.92. The quantitative estimate of drug-likeness (QED) is 0.901. The Balaban J connectivity index is 1.78. The smallest absolute Gasteiger partial charge is 0.308 e. The number of carboxylic acids is 1. The number of rotatable bonds is 5. The summed E-state index contributed by atoms with van der Waals surface area (Å²) in [4.78, 5) is 24.5. The topological polar surface area (TPSA) is 66.8 Å². The van der Waals surface area contributed by atoms with Gasteiger partial charge in [0, 0.05) is 13.1 Å². The molecule has 21 heavy (non-hydrogen) atoms. The Morgan fingerprint density at radius 3 is 2.76 bits per heavy atom. The minimum absolute atomic E-state index is 0.0384. The molecular weight excluding hydrogens is 270 g/mol. The van der Waals surface area contributed by atoms with Crippen molar-refractivity contribution in [1.82, 2.24) is 4.90 Å². The molecule has 5 heteroatoms. The molecule has 0 saturated carbocycles. The lowest BCUT2D eigenvalue weighted by molar-refractivity contribution is -0.141. The average molecular weight is 291 g/mol. The van der Waals surface area contributed by atoms with Crippen LogP contribution in [0.15, 0.2) is 18.2 Å². The van der Waals surface area contributed by atoms with Gasteiger partial charge in [-0.3, -0.25) is 9.59 Å². The molecule has 114 valence electrons. The standard InChI is InChI=1S/C16H21NO4/c1-11-3-4-14(12(2)9-11)21-8-6-15(18)17-7-5-13(10-17)16(19)20/h3-4,9,13H,5-8,10H2,1-2H3,(H,19,20). The lowest BCUT2D eigenvalue weighted by atomic mass is 10.1. The molecule has 1 aliphatic rings. The van der Waals surface area contributed by atoms with Gasteiger partial charge in [0.15, 0.2) is 0 Å². The van der Waals surface area contributed by atoms with Crippen LogP contribution in [0, 0.1) is 19.8 Å². The van der Waals surface area contributed by atoms with E-state index < -0.39 is 11.9 Å². The number of amides is 1. The van der Waals surface area contributed by atoms with Gasteiger partial charge in [-0.05, 0) is 31.9 Å². The number of aliphatic carboxylic acids is 1. The minimum Gasteiger partial charge on any atom is -0.493 e. The van der Waals surface area contributed by atoms with Crippen LogP contribution in [0.1, 0.15) is 24.0 Å². The van der Waals surface area contributed by atoms with Gasteiger partial charge in [-0.25, -0.2) is 0 Å². The number of carbonyl (C=O) groups excluding carboxylic acids is 1. The number of hydrogen-bond acceptors (Lipinski definition) is 3. The van der Waals surface area contributed by atoms with E-state index in [2.05, 4.69) is 0 Å². The van der Waals surface area contributed by atoms with Gasteiger partial charge < -0.3 is 14.7 Å². The van der Waals surface area contributed by atoms with E-state index in [9.17, 15) is 9.59 Å². The molecule has 1 fully saturated rings. The Kier molecular flexibility index (Phi) is 4.83.